The molecule has 0 aromatic heterocycles. The van der Waals surface area contributed by atoms with E-state index in [0.29, 0.717) is 17.9 Å². The second kappa shape index (κ2) is 8.78. The molecule has 4 aliphatic carbocycles. The first kappa shape index (κ1) is 24.6. The lowest BCUT2D eigenvalue weighted by molar-refractivity contribution is -0.942. The molecule has 3 unspecified atom stereocenters. The highest BCUT2D eigenvalue weighted by atomic mass is 16.5. The number of carbonyl (C=O) groups excluding carboxylic acids is 2. The highest BCUT2D eigenvalue weighted by Gasteiger charge is 2.63. The number of quaternary nitrogens is 1. The normalized spacial score (nSPS) is 47.6. The second-order valence-electron chi connectivity index (χ2n) is 13.5. The fraction of sp³-hybridized carbons (Fsp3) is 0.931. The highest BCUT2D eigenvalue weighted by molar-refractivity contribution is 5.66. The summed E-state index contributed by atoms with van der Waals surface area (Å²) in [5.41, 5.74) is 0.379. The zero-order valence-electron chi connectivity index (χ0n) is 22.3. The minimum atomic E-state index is -0.124. The Morgan fingerprint density at radius 1 is 0.824 bits per heavy atom. The van der Waals surface area contributed by atoms with Crippen LogP contribution in [0.1, 0.15) is 98.3 Å². The van der Waals surface area contributed by atoms with Gasteiger partial charge >= 0.3 is 11.9 Å². The van der Waals surface area contributed by atoms with E-state index in [1.807, 2.05) is 0 Å². The Morgan fingerprint density at radius 2 is 1.50 bits per heavy atom. The summed E-state index contributed by atoms with van der Waals surface area (Å²) in [5, 5.41) is 0. The quantitative estimate of drug-likeness (QED) is 0.400. The molecule has 0 amide bonds. The van der Waals surface area contributed by atoms with Crippen LogP contribution in [0, 0.1) is 34.5 Å². The standard InChI is InChI=1S/C29H48NO4/c1-19(31)33-26-18-29(4)21(17-25(26)30(5)15-7-6-8-16-30)9-10-22-23-11-12-27(34-20(2)32)28(23,3)14-13-24(22)29/h21-27H,6-18H2,1-5H3/q+1/t21-,22?,23?,24?,25-,26-,27-,28-,29-/m0/s1. The van der Waals surface area contributed by atoms with Crippen molar-refractivity contribution in [2.45, 2.75) is 117 Å². The van der Waals surface area contributed by atoms with E-state index in [4.69, 9.17) is 9.47 Å². The summed E-state index contributed by atoms with van der Waals surface area (Å²) in [6, 6.07) is 0.451. The predicted octanol–water partition coefficient (Wildman–Crippen LogP) is 5.50. The van der Waals surface area contributed by atoms with Crippen molar-refractivity contribution in [2.75, 3.05) is 20.1 Å². The van der Waals surface area contributed by atoms with Gasteiger partial charge in [-0.3, -0.25) is 9.59 Å². The first-order chi connectivity index (χ1) is 16.1. The molecule has 5 heteroatoms. The van der Waals surface area contributed by atoms with Crippen LogP contribution in [-0.2, 0) is 19.1 Å². The van der Waals surface area contributed by atoms with Gasteiger partial charge < -0.3 is 14.0 Å². The van der Waals surface area contributed by atoms with Crippen LogP contribution >= 0.6 is 0 Å². The zero-order chi connectivity index (χ0) is 24.3. The Bertz CT molecular complexity index is 806. The number of hydrogen-bond acceptors (Lipinski definition) is 4. The molecule has 0 aromatic rings. The van der Waals surface area contributed by atoms with Gasteiger partial charge in [0, 0.05) is 25.7 Å². The zero-order valence-corrected chi connectivity index (χ0v) is 22.3. The number of carbonyl (C=O) groups is 2. The molecule has 9 atom stereocenters. The van der Waals surface area contributed by atoms with Crippen molar-refractivity contribution in [2.24, 2.45) is 34.5 Å². The molecule has 192 valence electrons. The SMILES string of the molecule is CC(=O)O[C@H]1C[C@]2(C)C3CC[C@@]4(C)C(CC[C@@H]4OC(C)=O)C3CC[C@H]2C[C@@H]1[N+]1(C)CCCCC1. The molecule has 0 aromatic carbocycles. The summed E-state index contributed by atoms with van der Waals surface area (Å²) in [6.45, 7) is 10.6. The van der Waals surface area contributed by atoms with E-state index in [2.05, 4.69) is 20.9 Å². The first-order valence-electron chi connectivity index (χ1n) is 14.3. The van der Waals surface area contributed by atoms with Crippen LogP contribution in [0.15, 0.2) is 0 Å². The molecule has 34 heavy (non-hydrogen) atoms. The Morgan fingerprint density at radius 3 is 2.18 bits per heavy atom. The maximum absolute atomic E-state index is 12.2. The lowest BCUT2D eigenvalue weighted by atomic mass is 9.44. The van der Waals surface area contributed by atoms with Gasteiger partial charge in [-0.2, -0.15) is 0 Å². The molecule has 1 saturated heterocycles. The minimum absolute atomic E-state index is 0.0475. The van der Waals surface area contributed by atoms with Crippen molar-refractivity contribution in [1.82, 2.24) is 0 Å². The molecule has 1 heterocycles. The van der Waals surface area contributed by atoms with E-state index >= 15 is 0 Å². The Hall–Kier alpha value is -1.10. The van der Waals surface area contributed by atoms with Crippen molar-refractivity contribution in [3.05, 3.63) is 0 Å². The van der Waals surface area contributed by atoms with Crippen LogP contribution in [0.3, 0.4) is 0 Å². The number of fused-ring (bicyclic) bond motifs is 5. The third-order valence-electron chi connectivity index (χ3n) is 11.8. The Labute approximate surface area is 206 Å². The third-order valence-corrected chi connectivity index (χ3v) is 11.8. The van der Waals surface area contributed by atoms with Crippen molar-refractivity contribution in [3.8, 4) is 0 Å². The van der Waals surface area contributed by atoms with Crippen molar-refractivity contribution < 1.29 is 23.5 Å². The van der Waals surface area contributed by atoms with Gasteiger partial charge in [0.1, 0.15) is 12.1 Å². The second-order valence-corrected chi connectivity index (χ2v) is 13.5. The average molecular weight is 475 g/mol. The smallest absolute Gasteiger partial charge is 0.303 e. The number of nitrogens with zero attached hydrogens (tertiary/aromatic N) is 1. The molecule has 5 rings (SSSR count). The lowest BCUT2D eigenvalue weighted by Crippen LogP contribution is -2.66. The van der Waals surface area contributed by atoms with Gasteiger partial charge in [-0.25, -0.2) is 0 Å². The fourth-order valence-electron chi connectivity index (χ4n) is 10.2. The largest absolute Gasteiger partial charge is 0.462 e. The van der Waals surface area contributed by atoms with Crippen LogP contribution in [0.25, 0.3) is 0 Å². The van der Waals surface area contributed by atoms with Gasteiger partial charge in [0.25, 0.3) is 0 Å². The lowest BCUT2D eigenvalue weighted by Gasteiger charge is -2.63. The van der Waals surface area contributed by atoms with E-state index in [9.17, 15) is 9.59 Å². The van der Waals surface area contributed by atoms with Crippen molar-refractivity contribution in [1.29, 1.82) is 0 Å². The number of ether oxygens (including phenoxy) is 2. The van der Waals surface area contributed by atoms with Gasteiger partial charge in [-0.05, 0) is 93.3 Å². The van der Waals surface area contributed by atoms with Gasteiger partial charge in [-0.15, -0.1) is 0 Å². The summed E-state index contributed by atoms with van der Waals surface area (Å²) in [6.07, 6.45) is 13.6. The number of likely N-dealkylation sites (N-methyl/N-ethyl adjacent to an activating group) is 1. The van der Waals surface area contributed by atoms with Gasteiger partial charge in [-0.1, -0.05) is 13.8 Å². The van der Waals surface area contributed by atoms with E-state index in [-0.39, 0.29) is 35.0 Å². The highest BCUT2D eigenvalue weighted by Crippen LogP contribution is 2.67. The average Bonchev–Trinajstić information content (AvgIpc) is 3.08. The van der Waals surface area contributed by atoms with Crippen molar-refractivity contribution >= 4 is 11.9 Å². The summed E-state index contributed by atoms with van der Waals surface area (Å²) in [7, 11) is 2.44. The Kier molecular flexibility index (Phi) is 6.35. The fourth-order valence-corrected chi connectivity index (χ4v) is 10.2. The molecule has 0 spiro atoms. The molecule has 4 saturated carbocycles. The molecule has 0 N–H and O–H groups in total. The summed E-state index contributed by atoms with van der Waals surface area (Å²) < 4.78 is 13.1. The number of piperidine rings is 1. The predicted molar refractivity (Wildman–Crippen MR) is 132 cm³/mol. The van der Waals surface area contributed by atoms with Crippen LogP contribution in [0.2, 0.25) is 0 Å². The number of esters is 2. The summed E-state index contributed by atoms with van der Waals surface area (Å²) in [5.74, 6) is 2.58. The monoisotopic (exact) mass is 474 g/mol. The van der Waals surface area contributed by atoms with Crippen LogP contribution < -0.4 is 0 Å². The van der Waals surface area contributed by atoms with E-state index in [1.54, 1.807) is 13.8 Å². The topological polar surface area (TPSA) is 52.6 Å². The summed E-state index contributed by atoms with van der Waals surface area (Å²) in [4.78, 5) is 24.0. The molecule has 5 fully saturated rings. The molecular formula is C29H48NO4+. The van der Waals surface area contributed by atoms with E-state index in [1.165, 1.54) is 64.5 Å². The van der Waals surface area contributed by atoms with Crippen LogP contribution in [-0.4, -0.2) is 54.8 Å². The Balaban J connectivity index is 1.40. The van der Waals surface area contributed by atoms with Gasteiger partial charge in [0.05, 0.1) is 20.1 Å². The number of likely N-dealkylation sites (tertiary alicyclic amines) is 1. The molecule has 5 nitrogen and oxygen atoms in total. The van der Waals surface area contributed by atoms with Crippen molar-refractivity contribution in [3.63, 3.8) is 0 Å². The third kappa shape index (κ3) is 3.92. The van der Waals surface area contributed by atoms with Gasteiger partial charge in [0.2, 0.25) is 0 Å². The van der Waals surface area contributed by atoms with Crippen LogP contribution in [0.4, 0.5) is 0 Å². The van der Waals surface area contributed by atoms with Gasteiger partial charge in [0.15, 0.2) is 6.10 Å². The number of hydrogen-bond donors (Lipinski definition) is 0. The molecule has 0 radical (unpaired) electrons. The van der Waals surface area contributed by atoms with Crippen LogP contribution in [0.5, 0.6) is 0 Å². The molecule has 5 aliphatic rings. The number of rotatable bonds is 3. The molecular weight excluding hydrogens is 426 g/mol. The summed E-state index contributed by atoms with van der Waals surface area (Å²) >= 11 is 0. The maximum atomic E-state index is 12.2. The van der Waals surface area contributed by atoms with E-state index in [0.717, 1.165) is 35.6 Å². The van der Waals surface area contributed by atoms with E-state index < -0.39 is 0 Å². The molecule has 1 aliphatic heterocycles. The first-order valence-corrected chi connectivity index (χ1v) is 14.3. The molecule has 0 bridgehead atoms. The minimum Gasteiger partial charge on any atom is -0.462 e. The maximum Gasteiger partial charge on any atom is 0.303 e.